The molecule has 3 fully saturated rings. The summed E-state index contributed by atoms with van der Waals surface area (Å²) in [5, 5.41) is 0. The van der Waals surface area contributed by atoms with E-state index in [1.54, 1.807) is 0 Å². The first kappa shape index (κ1) is 23.9. The van der Waals surface area contributed by atoms with E-state index in [1.165, 1.54) is 83.8 Å². The van der Waals surface area contributed by atoms with E-state index in [-0.39, 0.29) is 0 Å². The maximum atomic E-state index is 2.75. The van der Waals surface area contributed by atoms with Gasteiger partial charge in [0, 0.05) is 11.6 Å². The average molecular weight is 341 g/mol. The van der Waals surface area contributed by atoms with Crippen LogP contribution in [0.3, 0.4) is 0 Å². The number of hydrogen-bond acceptors (Lipinski definition) is 2. The Morgan fingerprint density at radius 1 is 0.833 bits per heavy atom. The monoisotopic (exact) mass is 340 g/mol. The zero-order chi connectivity index (χ0) is 18.4. The molecular weight excluding hydrogens is 292 g/mol. The lowest BCUT2D eigenvalue weighted by Gasteiger charge is -2.31. The topological polar surface area (TPSA) is 6.48 Å². The second-order valence-electron chi connectivity index (χ2n) is 7.23. The molecule has 2 nitrogen and oxygen atoms in total. The lowest BCUT2D eigenvalue weighted by Crippen LogP contribution is -2.37. The van der Waals surface area contributed by atoms with Gasteiger partial charge in [-0.3, -0.25) is 4.90 Å². The lowest BCUT2D eigenvalue weighted by molar-refractivity contribution is 0.181. The summed E-state index contributed by atoms with van der Waals surface area (Å²) in [4.78, 5) is 5.24. The summed E-state index contributed by atoms with van der Waals surface area (Å²) in [7, 11) is 2.24. The van der Waals surface area contributed by atoms with E-state index in [0.29, 0.717) is 5.54 Å². The molecule has 0 N–H and O–H groups in total. The molecule has 0 saturated carbocycles. The van der Waals surface area contributed by atoms with Gasteiger partial charge in [0.25, 0.3) is 0 Å². The van der Waals surface area contributed by atoms with Crippen molar-refractivity contribution in [2.75, 3.05) is 26.7 Å². The van der Waals surface area contributed by atoms with Crippen molar-refractivity contribution in [2.24, 2.45) is 0 Å². The number of nitrogens with zero attached hydrogens (tertiary/aromatic N) is 2. The zero-order valence-corrected chi connectivity index (χ0v) is 18.2. The molecule has 0 radical (unpaired) electrons. The lowest BCUT2D eigenvalue weighted by atomic mass is 9.89. The van der Waals surface area contributed by atoms with Crippen molar-refractivity contribution in [1.82, 2.24) is 9.80 Å². The Labute approximate surface area is 154 Å². The summed E-state index contributed by atoms with van der Waals surface area (Å²) in [5.41, 5.74) is 0.689. The molecular formula is C22H48N2. The first-order chi connectivity index (χ1) is 11.7. The fraction of sp³-hybridized carbons (Fsp3) is 1.00. The molecule has 3 saturated heterocycles. The molecule has 3 aliphatic rings. The molecule has 0 aliphatic carbocycles. The average Bonchev–Trinajstić information content (AvgIpc) is 3.29. The van der Waals surface area contributed by atoms with E-state index < -0.39 is 0 Å². The summed E-state index contributed by atoms with van der Waals surface area (Å²) >= 11 is 0. The molecule has 0 aromatic carbocycles. The Morgan fingerprint density at radius 3 is 1.83 bits per heavy atom. The van der Waals surface area contributed by atoms with Gasteiger partial charge in [0.05, 0.1) is 0 Å². The number of likely N-dealkylation sites (tertiary alicyclic amines) is 1. The third-order valence-electron chi connectivity index (χ3n) is 5.82. The predicted molar refractivity (Wildman–Crippen MR) is 111 cm³/mol. The van der Waals surface area contributed by atoms with Crippen LogP contribution in [-0.4, -0.2) is 48.1 Å². The number of rotatable bonds is 4. The third-order valence-corrected chi connectivity index (χ3v) is 5.82. The Morgan fingerprint density at radius 2 is 1.42 bits per heavy atom. The summed E-state index contributed by atoms with van der Waals surface area (Å²) in [5.74, 6) is 0. The first-order valence-corrected chi connectivity index (χ1v) is 11.2. The Hall–Kier alpha value is -0.0800. The number of hydrogen-bond donors (Lipinski definition) is 0. The molecule has 1 unspecified atom stereocenters. The summed E-state index contributed by atoms with van der Waals surface area (Å²) < 4.78 is 0. The van der Waals surface area contributed by atoms with Crippen molar-refractivity contribution in [2.45, 2.75) is 117 Å². The predicted octanol–water partition coefficient (Wildman–Crippen LogP) is 6.35. The quantitative estimate of drug-likeness (QED) is 0.588. The standard InChI is InChI=1S/C10H19N.C8H17N.2C2H6/c1-2-5-10-6-3-8-11(10)9-4-7-10;1-3-5-8-6-4-7-9(8)2;2*1-2/h2-9H2,1H3;8H,3-7H2,1-2H3;2*1-2H3. The molecule has 0 aromatic heterocycles. The molecule has 3 aliphatic heterocycles. The summed E-state index contributed by atoms with van der Waals surface area (Å²) in [6, 6.07) is 0.912. The van der Waals surface area contributed by atoms with Gasteiger partial charge in [-0.25, -0.2) is 0 Å². The van der Waals surface area contributed by atoms with E-state index in [2.05, 4.69) is 30.7 Å². The van der Waals surface area contributed by atoms with Crippen molar-refractivity contribution in [1.29, 1.82) is 0 Å². The van der Waals surface area contributed by atoms with Crippen molar-refractivity contribution in [3.05, 3.63) is 0 Å². The molecule has 0 spiro atoms. The van der Waals surface area contributed by atoms with Gasteiger partial charge in [-0.1, -0.05) is 54.4 Å². The van der Waals surface area contributed by atoms with Crippen LogP contribution in [0.4, 0.5) is 0 Å². The fourth-order valence-corrected chi connectivity index (χ4v) is 4.78. The van der Waals surface area contributed by atoms with E-state index in [4.69, 9.17) is 0 Å². The Kier molecular flexibility index (Phi) is 14.1. The van der Waals surface area contributed by atoms with Crippen molar-refractivity contribution < 1.29 is 0 Å². The summed E-state index contributed by atoms with van der Waals surface area (Å²) in [6.07, 6.45) is 14.3. The minimum absolute atomic E-state index is 0.689. The molecule has 146 valence electrons. The van der Waals surface area contributed by atoms with Gasteiger partial charge in [-0.2, -0.15) is 0 Å². The van der Waals surface area contributed by atoms with Gasteiger partial charge in [-0.05, 0) is 78.0 Å². The molecule has 1 atom stereocenters. The van der Waals surface area contributed by atoms with Crippen molar-refractivity contribution in [3.63, 3.8) is 0 Å². The zero-order valence-electron chi connectivity index (χ0n) is 18.2. The third kappa shape index (κ3) is 7.04. The van der Waals surface area contributed by atoms with E-state index in [9.17, 15) is 0 Å². The molecule has 24 heavy (non-hydrogen) atoms. The van der Waals surface area contributed by atoms with Crippen LogP contribution in [0.5, 0.6) is 0 Å². The van der Waals surface area contributed by atoms with Crippen molar-refractivity contribution in [3.8, 4) is 0 Å². The van der Waals surface area contributed by atoms with E-state index >= 15 is 0 Å². The van der Waals surface area contributed by atoms with Gasteiger partial charge in [0.2, 0.25) is 0 Å². The molecule has 0 aromatic rings. The molecule has 0 bridgehead atoms. The first-order valence-electron chi connectivity index (χ1n) is 11.2. The maximum absolute atomic E-state index is 2.75. The highest BCUT2D eigenvalue weighted by molar-refractivity contribution is 4.99. The smallest absolute Gasteiger partial charge is 0.0210 e. The van der Waals surface area contributed by atoms with Crippen LogP contribution in [0, 0.1) is 0 Å². The van der Waals surface area contributed by atoms with E-state index in [1.807, 2.05) is 27.7 Å². The largest absolute Gasteiger partial charge is 0.303 e. The van der Waals surface area contributed by atoms with Crippen LogP contribution in [0.25, 0.3) is 0 Å². The highest BCUT2D eigenvalue weighted by Crippen LogP contribution is 2.41. The van der Waals surface area contributed by atoms with Crippen LogP contribution < -0.4 is 0 Å². The van der Waals surface area contributed by atoms with E-state index in [0.717, 1.165) is 6.04 Å². The Balaban J connectivity index is 0.000000371. The maximum Gasteiger partial charge on any atom is 0.0210 e. The highest BCUT2D eigenvalue weighted by atomic mass is 15.2. The van der Waals surface area contributed by atoms with Gasteiger partial charge in [0.15, 0.2) is 0 Å². The molecule has 0 amide bonds. The summed E-state index contributed by atoms with van der Waals surface area (Å²) in [6.45, 7) is 16.7. The van der Waals surface area contributed by atoms with Gasteiger partial charge < -0.3 is 4.90 Å². The second kappa shape index (κ2) is 14.1. The van der Waals surface area contributed by atoms with Gasteiger partial charge in [0.1, 0.15) is 0 Å². The van der Waals surface area contributed by atoms with Crippen LogP contribution in [0.2, 0.25) is 0 Å². The minimum atomic E-state index is 0.689. The molecule has 3 rings (SSSR count). The van der Waals surface area contributed by atoms with Crippen LogP contribution in [-0.2, 0) is 0 Å². The molecule has 2 heteroatoms. The van der Waals surface area contributed by atoms with Gasteiger partial charge >= 0.3 is 0 Å². The van der Waals surface area contributed by atoms with Crippen molar-refractivity contribution >= 4 is 0 Å². The van der Waals surface area contributed by atoms with Crippen LogP contribution in [0.15, 0.2) is 0 Å². The normalized spacial score (nSPS) is 24.9. The molecule has 3 heterocycles. The van der Waals surface area contributed by atoms with Gasteiger partial charge in [-0.15, -0.1) is 0 Å². The highest BCUT2D eigenvalue weighted by Gasteiger charge is 2.42. The second-order valence-corrected chi connectivity index (χ2v) is 7.23. The fourth-order valence-electron chi connectivity index (χ4n) is 4.78. The number of fused-ring (bicyclic) bond motifs is 1. The van der Waals surface area contributed by atoms with Crippen LogP contribution >= 0.6 is 0 Å². The van der Waals surface area contributed by atoms with Crippen LogP contribution in [0.1, 0.15) is 106 Å². The minimum Gasteiger partial charge on any atom is -0.303 e. The SMILES string of the molecule is CC.CC.CCCC12CCCN1CCC2.CCCC1CCCN1C. The Bertz CT molecular complexity index is 267.